The van der Waals surface area contributed by atoms with Gasteiger partial charge in [-0.05, 0) is 43.7 Å². The van der Waals surface area contributed by atoms with Gasteiger partial charge < -0.3 is 11.1 Å². The summed E-state index contributed by atoms with van der Waals surface area (Å²) in [5.74, 6) is 0.578. The van der Waals surface area contributed by atoms with E-state index < -0.39 is 0 Å². The summed E-state index contributed by atoms with van der Waals surface area (Å²) in [6.45, 7) is 2.71. The van der Waals surface area contributed by atoms with Crippen molar-refractivity contribution < 1.29 is 4.79 Å². The molecule has 1 saturated carbocycles. The minimum absolute atomic E-state index is 0.0345. The van der Waals surface area contributed by atoms with Crippen LogP contribution < -0.4 is 11.1 Å². The maximum absolute atomic E-state index is 12.0. The van der Waals surface area contributed by atoms with Crippen molar-refractivity contribution in [3.05, 3.63) is 35.4 Å². The first kappa shape index (κ1) is 13.1. The Balaban J connectivity index is 1.87. The minimum Gasteiger partial charge on any atom is -0.352 e. The number of carbonyl (C=O) groups is 1. The molecule has 3 N–H and O–H groups in total. The molecule has 1 fully saturated rings. The molecule has 3 heteroatoms. The van der Waals surface area contributed by atoms with Gasteiger partial charge in [-0.15, -0.1) is 0 Å². The van der Waals surface area contributed by atoms with Crippen LogP contribution in [-0.2, 0) is 0 Å². The van der Waals surface area contributed by atoms with Crippen molar-refractivity contribution in [1.29, 1.82) is 0 Å². The molecule has 2 unspecified atom stereocenters. The minimum atomic E-state index is 0.0345. The highest BCUT2D eigenvalue weighted by molar-refractivity contribution is 5.95. The molecule has 2 atom stereocenters. The van der Waals surface area contributed by atoms with Crippen molar-refractivity contribution in [2.75, 3.05) is 6.54 Å². The molecule has 0 heterocycles. The number of nitrogens with one attached hydrogen (secondary N) is 1. The summed E-state index contributed by atoms with van der Waals surface area (Å²) in [5, 5.41) is 3.04. The third-order valence-corrected chi connectivity index (χ3v) is 3.76. The number of hydrogen-bond donors (Lipinski definition) is 2. The van der Waals surface area contributed by atoms with Crippen LogP contribution in [0.4, 0.5) is 0 Å². The molecule has 1 aliphatic carbocycles. The molecule has 0 aliphatic heterocycles. The predicted octanol–water partition coefficient (Wildman–Crippen LogP) is 2.24. The fraction of sp³-hybridized carbons (Fsp3) is 0.533. The van der Waals surface area contributed by atoms with E-state index in [-0.39, 0.29) is 5.91 Å². The summed E-state index contributed by atoms with van der Waals surface area (Å²) in [6.07, 6.45) is 4.53. The summed E-state index contributed by atoms with van der Waals surface area (Å²) >= 11 is 0. The van der Waals surface area contributed by atoms with Crippen LogP contribution in [0, 0.1) is 12.8 Å². The van der Waals surface area contributed by atoms with Gasteiger partial charge in [0.05, 0.1) is 0 Å². The Labute approximate surface area is 109 Å². The van der Waals surface area contributed by atoms with Gasteiger partial charge in [-0.25, -0.2) is 0 Å². The predicted molar refractivity (Wildman–Crippen MR) is 73.4 cm³/mol. The largest absolute Gasteiger partial charge is 0.352 e. The standard InChI is InChI=1S/C15H22N2O/c1-11-5-2-3-8-14(11)15(18)17-10-12-6-4-7-13(16)9-12/h2-3,5,8,12-13H,4,6-7,9-10,16H2,1H3,(H,17,18). The average molecular weight is 246 g/mol. The Morgan fingerprint density at radius 1 is 1.39 bits per heavy atom. The number of nitrogens with two attached hydrogens (primary N) is 1. The molecule has 1 aliphatic rings. The Hall–Kier alpha value is -1.35. The Kier molecular flexibility index (Phi) is 4.37. The second-order valence-corrected chi connectivity index (χ2v) is 5.32. The molecule has 0 radical (unpaired) electrons. The zero-order chi connectivity index (χ0) is 13.0. The first-order valence-corrected chi connectivity index (χ1v) is 6.76. The highest BCUT2D eigenvalue weighted by Gasteiger charge is 2.20. The lowest BCUT2D eigenvalue weighted by molar-refractivity contribution is 0.0942. The lowest BCUT2D eigenvalue weighted by Crippen LogP contribution is -2.35. The first-order valence-electron chi connectivity index (χ1n) is 6.76. The van der Waals surface area contributed by atoms with E-state index in [0.717, 1.165) is 30.5 Å². The van der Waals surface area contributed by atoms with E-state index in [2.05, 4.69) is 5.32 Å². The molecule has 1 amide bonds. The van der Waals surface area contributed by atoms with E-state index in [0.29, 0.717) is 12.0 Å². The maximum atomic E-state index is 12.0. The molecule has 0 saturated heterocycles. The van der Waals surface area contributed by atoms with Crippen molar-refractivity contribution >= 4 is 5.91 Å². The zero-order valence-corrected chi connectivity index (χ0v) is 11.0. The fourth-order valence-electron chi connectivity index (χ4n) is 2.68. The molecule has 1 aromatic carbocycles. The topological polar surface area (TPSA) is 55.1 Å². The van der Waals surface area contributed by atoms with Crippen LogP contribution in [0.5, 0.6) is 0 Å². The van der Waals surface area contributed by atoms with E-state index in [1.54, 1.807) is 0 Å². The first-order chi connectivity index (χ1) is 8.66. The SMILES string of the molecule is Cc1ccccc1C(=O)NCC1CCCC(N)C1. The van der Waals surface area contributed by atoms with Crippen LogP contribution in [0.15, 0.2) is 24.3 Å². The van der Waals surface area contributed by atoms with Gasteiger partial charge >= 0.3 is 0 Å². The molecule has 98 valence electrons. The van der Waals surface area contributed by atoms with Crippen molar-refractivity contribution in [2.45, 2.75) is 38.6 Å². The number of carbonyl (C=O) groups excluding carboxylic acids is 1. The van der Waals surface area contributed by atoms with E-state index in [1.165, 1.54) is 12.8 Å². The Morgan fingerprint density at radius 3 is 2.89 bits per heavy atom. The van der Waals surface area contributed by atoms with Gasteiger partial charge in [0.25, 0.3) is 5.91 Å². The lowest BCUT2D eigenvalue weighted by atomic mass is 9.86. The van der Waals surface area contributed by atoms with Crippen molar-refractivity contribution in [3.8, 4) is 0 Å². The number of amides is 1. The molecule has 1 aromatic rings. The molecule has 3 nitrogen and oxygen atoms in total. The monoisotopic (exact) mass is 246 g/mol. The summed E-state index contributed by atoms with van der Waals surface area (Å²) in [5.41, 5.74) is 7.75. The normalized spacial score (nSPS) is 23.7. The molecule has 0 spiro atoms. The van der Waals surface area contributed by atoms with Gasteiger partial charge in [0.2, 0.25) is 0 Å². The summed E-state index contributed by atoms with van der Waals surface area (Å²) in [6, 6.07) is 8.01. The summed E-state index contributed by atoms with van der Waals surface area (Å²) in [7, 11) is 0. The van der Waals surface area contributed by atoms with Crippen LogP contribution in [-0.4, -0.2) is 18.5 Å². The van der Waals surface area contributed by atoms with Crippen LogP contribution in [0.2, 0.25) is 0 Å². The Morgan fingerprint density at radius 2 is 2.17 bits per heavy atom. The zero-order valence-electron chi connectivity index (χ0n) is 11.0. The van der Waals surface area contributed by atoms with Crippen molar-refractivity contribution in [3.63, 3.8) is 0 Å². The van der Waals surface area contributed by atoms with Crippen LogP contribution in [0.25, 0.3) is 0 Å². The van der Waals surface area contributed by atoms with E-state index in [4.69, 9.17) is 5.73 Å². The van der Waals surface area contributed by atoms with Gasteiger partial charge in [-0.3, -0.25) is 4.79 Å². The molecular formula is C15H22N2O. The van der Waals surface area contributed by atoms with Gasteiger partial charge in [-0.2, -0.15) is 0 Å². The van der Waals surface area contributed by atoms with Gasteiger partial charge in [-0.1, -0.05) is 24.6 Å². The molecule has 0 aromatic heterocycles. The van der Waals surface area contributed by atoms with Crippen LogP contribution in [0.1, 0.15) is 41.6 Å². The number of aryl methyl sites for hydroxylation is 1. The smallest absolute Gasteiger partial charge is 0.251 e. The lowest BCUT2D eigenvalue weighted by Gasteiger charge is -2.26. The third kappa shape index (κ3) is 3.33. The van der Waals surface area contributed by atoms with Crippen molar-refractivity contribution in [1.82, 2.24) is 5.32 Å². The fourth-order valence-corrected chi connectivity index (χ4v) is 2.68. The maximum Gasteiger partial charge on any atom is 0.251 e. The molecule has 2 rings (SSSR count). The molecule has 18 heavy (non-hydrogen) atoms. The number of rotatable bonds is 3. The van der Waals surface area contributed by atoms with Gasteiger partial charge in [0.15, 0.2) is 0 Å². The number of hydrogen-bond acceptors (Lipinski definition) is 2. The second kappa shape index (κ2) is 6.01. The van der Waals surface area contributed by atoms with Gasteiger partial charge in [0, 0.05) is 18.2 Å². The van der Waals surface area contributed by atoms with Crippen LogP contribution >= 0.6 is 0 Å². The number of benzene rings is 1. The van der Waals surface area contributed by atoms with Gasteiger partial charge in [0.1, 0.15) is 0 Å². The van der Waals surface area contributed by atoms with Crippen LogP contribution in [0.3, 0.4) is 0 Å². The highest BCUT2D eigenvalue weighted by atomic mass is 16.1. The summed E-state index contributed by atoms with van der Waals surface area (Å²) in [4.78, 5) is 12.0. The second-order valence-electron chi connectivity index (χ2n) is 5.32. The summed E-state index contributed by atoms with van der Waals surface area (Å²) < 4.78 is 0. The van der Waals surface area contributed by atoms with E-state index in [1.807, 2.05) is 31.2 Å². The van der Waals surface area contributed by atoms with E-state index >= 15 is 0 Å². The van der Waals surface area contributed by atoms with Crippen molar-refractivity contribution in [2.24, 2.45) is 11.7 Å². The third-order valence-electron chi connectivity index (χ3n) is 3.76. The average Bonchev–Trinajstić information content (AvgIpc) is 2.37. The highest BCUT2D eigenvalue weighted by Crippen LogP contribution is 2.22. The Bertz CT molecular complexity index is 417. The molecular weight excluding hydrogens is 224 g/mol. The molecule has 0 bridgehead atoms. The quantitative estimate of drug-likeness (QED) is 0.859. The van der Waals surface area contributed by atoms with E-state index in [9.17, 15) is 4.79 Å².